The molecule has 0 spiro atoms. The van der Waals surface area contributed by atoms with Crippen LogP contribution >= 0.6 is 0 Å². The molecule has 26 heavy (non-hydrogen) atoms. The summed E-state index contributed by atoms with van der Waals surface area (Å²) in [4.78, 5) is -0.0708. The van der Waals surface area contributed by atoms with E-state index in [4.69, 9.17) is 5.14 Å². The molecule has 0 aliphatic carbocycles. The Labute approximate surface area is 154 Å². The van der Waals surface area contributed by atoms with Crippen LogP contribution in [0.3, 0.4) is 0 Å². The van der Waals surface area contributed by atoms with Gasteiger partial charge in [0.25, 0.3) is 10.0 Å². The monoisotopic (exact) mass is 397 g/mol. The van der Waals surface area contributed by atoms with E-state index in [0.29, 0.717) is 12.2 Å². The van der Waals surface area contributed by atoms with Gasteiger partial charge in [-0.05, 0) is 49.2 Å². The van der Waals surface area contributed by atoms with Crippen molar-refractivity contribution in [3.63, 3.8) is 0 Å². The number of hydrogen-bond donors (Lipinski definition) is 3. The maximum absolute atomic E-state index is 12.7. The zero-order valence-electron chi connectivity index (χ0n) is 14.7. The Morgan fingerprint density at radius 1 is 0.962 bits per heavy atom. The molecule has 0 radical (unpaired) electrons. The molecule has 9 heteroatoms. The number of nitrogens with one attached hydrogen (secondary N) is 2. The lowest BCUT2D eigenvalue weighted by atomic mass is 10.2. The molecule has 0 saturated heterocycles. The van der Waals surface area contributed by atoms with Gasteiger partial charge in [-0.2, -0.15) is 0 Å². The van der Waals surface area contributed by atoms with Crippen molar-refractivity contribution in [3.05, 3.63) is 48.0 Å². The van der Waals surface area contributed by atoms with Crippen molar-refractivity contribution in [2.75, 3.05) is 16.6 Å². The number of hydrogen-bond acceptors (Lipinski definition) is 5. The fraction of sp³-hybridized carbons (Fsp3) is 0.294. The highest BCUT2D eigenvalue weighted by Gasteiger charge is 2.18. The third-order valence-corrected chi connectivity index (χ3v) is 5.98. The van der Waals surface area contributed by atoms with Crippen LogP contribution in [0.2, 0.25) is 0 Å². The van der Waals surface area contributed by atoms with E-state index in [1.165, 1.54) is 30.3 Å². The summed E-state index contributed by atoms with van der Waals surface area (Å²) in [5.74, 6) is 0. The standard InChI is InChI=1S/C17H23N3O4S2/c1-3-4-10-19-16-9-8-14(25(18,21)22)12-17(16)20-26(23,24)15-7-5-6-13(2)11-15/h5-9,11-12,19-20H,3-4,10H2,1-2H3,(H2,18,21,22). The molecular formula is C17H23N3O4S2. The van der Waals surface area contributed by atoms with E-state index in [-0.39, 0.29) is 15.5 Å². The summed E-state index contributed by atoms with van der Waals surface area (Å²) in [7, 11) is -7.83. The van der Waals surface area contributed by atoms with Crippen molar-refractivity contribution >= 4 is 31.4 Å². The third-order valence-electron chi connectivity index (χ3n) is 3.71. The number of sulfonamides is 2. The summed E-state index contributed by atoms with van der Waals surface area (Å²) in [6.07, 6.45) is 1.85. The molecule has 0 heterocycles. The Hall–Kier alpha value is -2.10. The summed E-state index contributed by atoms with van der Waals surface area (Å²) < 4.78 is 51.0. The van der Waals surface area contributed by atoms with Crippen molar-refractivity contribution in [2.24, 2.45) is 5.14 Å². The fourth-order valence-corrected chi connectivity index (χ4v) is 4.04. The van der Waals surface area contributed by atoms with E-state index in [2.05, 4.69) is 10.0 Å². The van der Waals surface area contributed by atoms with Gasteiger partial charge in [0.15, 0.2) is 0 Å². The van der Waals surface area contributed by atoms with Crippen LogP contribution in [-0.2, 0) is 20.0 Å². The maximum Gasteiger partial charge on any atom is 0.261 e. The van der Waals surface area contributed by atoms with Crippen molar-refractivity contribution in [1.29, 1.82) is 0 Å². The van der Waals surface area contributed by atoms with Crippen LogP contribution in [0.5, 0.6) is 0 Å². The van der Waals surface area contributed by atoms with Crippen molar-refractivity contribution in [3.8, 4) is 0 Å². The highest BCUT2D eigenvalue weighted by Crippen LogP contribution is 2.28. The van der Waals surface area contributed by atoms with Gasteiger partial charge in [0, 0.05) is 6.54 Å². The van der Waals surface area contributed by atoms with Crippen LogP contribution in [0.15, 0.2) is 52.3 Å². The van der Waals surface area contributed by atoms with Gasteiger partial charge in [0.05, 0.1) is 21.2 Å². The van der Waals surface area contributed by atoms with Gasteiger partial charge in [0.2, 0.25) is 10.0 Å². The molecule has 0 aromatic heterocycles. The van der Waals surface area contributed by atoms with Crippen LogP contribution < -0.4 is 15.2 Å². The number of benzene rings is 2. The van der Waals surface area contributed by atoms with Crippen molar-refractivity contribution < 1.29 is 16.8 Å². The number of anilines is 2. The second-order valence-electron chi connectivity index (χ2n) is 5.95. The van der Waals surface area contributed by atoms with E-state index in [1.807, 2.05) is 6.92 Å². The quantitative estimate of drug-likeness (QED) is 0.592. The Bertz CT molecular complexity index is 987. The highest BCUT2D eigenvalue weighted by molar-refractivity contribution is 7.92. The molecule has 142 valence electrons. The molecule has 0 bridgehead atoms. The van der Waals surface area contributed by atoms with Gasteiger partial charge < -0.3 is 5.32 Å². The van der Waals surface area contributed by atoms with Gasteiger partial charge in [-0.1, -0.05) is 25.5 Å². The van der Waals surface area contributed by atoms with Gasteiger partial charge in [-0.15, -0.1) is 0 Å². The Morgan fingerprint density at radius 3 is 2.31 bits per heavy atom. The average Bonchev–Trinajstić information content (AvgIpc) is 2.55. The summed E-state index contributed by atoms with van der Waals surface area (Å²) in [5, 5.41) is 8.28. The topological polar surface area (TPSA) is 118 Å². The lowest BCUT2D eigenvalue weighted by Crippen LogP contribution is -2.17. The lowest BCUT2D eigenvalue weighted by Gasteiger charge is -2.15. The van der Waals surface area contributed by atoms with Crippen LogP contribution in [0.4, 0.5) is 11.4 Å². The predicted molar refractivity (Wildman–Crippen MR) is 103 cm³/mol. The van der Waals surface area contributed by atoms with Crippen molar-refractivity contribution in [2.45, 2.75) is 36.5 Å². The summed E-state index contributed by atoms with van der Waals surface area (Å²) >= 11 is 0. The average molecular weight is 398 g/mol. The molecule has 0 aliphatic heterocycles. The first-order valence-electron chi connectivity index (χ1n) is 8.13. The third kappa shape index (κ3) is 5.20. The number of nitrogens with two attached hydrogens (primary N) is 1. The minimum Gasteiger partial charge on any atom is -0.383 e. The van der Waals surface area contributed by atoms with Crippen LogP contribution in [0.25, 0.3) is 0 Å². The fourth-order valence-electron chi connectivity index (χ4n) is 2.32. The molecule has 4 N–H and O–H groups in total. The predicted octanol–water partition coefficient (Wildman–Crippen LogP) is 2.66. The first-order valence-corrected chi connectivity index (χ1v) is 11.2. The van der Waals surface area contributed by atoms with Crippen molar-refractivity contribution in [1.82, 2.24) is 0 Å². The van der Waals surface area contributed by atoms with Gasteiger partial charge in [0.1, 0.15) is 0 Å². The first-order chi connectivity index (χ1) is 12.1. The van der Waals surface area contributed by atoms with E-state index in [1.54, 1.807) is 19.1 Å². The molecular weight excluding hydrogens is 374 g/mol. The molecule has 2 aromatic rings. The summed E-state index contributed by atoms with van der Waals surface area (Å²) in [6, 6.07) is 10.5. The second-order valence-corrected chi connectivity index (χ2v) is 9.20. The normalized spacial score (nSPS) is 12.0. The van der Waals surface area contributed by atoms with E-state index in [9.17, 15) is 16.8 Å². The van der Waals surface area contributed by atoms with Gasteiger partial charge in [-0.25, -0.2) is 22.0 Å². The number of aryl methyl sites for hydroxylation is 1. The lowest BCUT2D eigenvalue weighted by molar-refractivity contribution is 0.596. The minimum absolute atomic E-state index is 0.0954. The van der Waals surface area contributed by atoms with E-state index < -0.39 is 20.0 Å². The molecule has 0 atom stereocenters. The SMILES string of the molecule is CCCCNc1ccc(S(N)(=O)=O)cc1NS(=O)(=O)c1cccc(C)c1. The molecule has 0 aliphatic rings. The Morgan fingerprint density at radius 2 is 1.69 bits per heavy atom. The number of rotatable bonds is 8. The Kier molecular flexibility index (Phi) is 6.27. The zero-order chi connectivity index (χ0) is 19.4. The summed E-state index contributed by atoms with van der Waals surface area (Å²) in [6.45, 7) is 4.45. The zero-order valence-corrected chi connectivity index (χ0v) is 16.3. The molecule has 0 fully saturated rings. The molecule has 0 unspecified atom stereocenters. The number of unbranched alkanes of at least 4 members (excludes halogenated alkanes) is 1. The van der Waals surface area contributed by atoms with E-state index in [0.717, 1.165) is 18.4 Å². The van der Waals surface area contributed by atoms with Gasteiger partial charge >= 0.3 is 0 Å². The molecule has 0 amide bonds. The smallest absolute Gasteiger partial charge is 0.261 e. The van der Waals surface area contributed by atoms with E-state index >= 15 is 0 Å². The van der Waals surface area contributed by atoms with Crippen LogP contribution in [0.1, 0.15) is 25.3 Å². The molecule has 7 nitrogen and oxygen atoms in total. The largest absolute Gasteiger partial charge is 0.383 e. The Balaban J connectivity index is 2.44. The van der Waals surface area contributed by atoms with Crippen LogP contribution in [0, 0.1) is 6.92 Å². The molecule has 2 aromatic carbocycles. The second kappa shape index (κ2) is 8.07. The maximum atomic E-state index is 12.7. The molecule has 2 rings (SSSR count). The van der Waals surface area contributed by atoms with Gasteiger partial charge in [-0.3, -0.25) is 4.72 Å². The minimum atomic E-state index is -3.96. The molecule has 0 saturated carbocycles. The number of primary sulfonamides is 1. The summed E-state index contributed by atoms with van der Waals surface area (Å²) in [5.41, 5.74) is 1.42. The van der Waals surface area contributed by atoms with Crippen LogP contribution in [-0.4, -0.2) is 23.4 Å². The first kappa shape index (κ1) is 20.2. The highest BCUT2D eigenvalue weighted by atomic mass is 32.2.